The summed E-state index contributed by atoms with van der Waals surface area (Å²) < 4.78 is 34.1. The molecule has 3 rings (SSSR count). The van der Waals surface area contributed by atoms with Gasteiger partial charge in [0.2, 0.25) is 0 Å². The Labute approximate surface area is 188 Å². The molecule has 0 radical (unpaired) electrons. The van der Waals surface area contributed by atoms with E-state index in [9.17, 15) is 23.8 Å². The smallest absolute Gasteiger partial charge is 0.338 e. The summed E-state index contributed by atoms with van der Waals surface area (Å²) in [5.41, 5.74) is 1.67. The minimum atomic E-state index is -3.21. The van der Waals surface area contributed by atoms with Gasteiger partial charge < -0.3 is 14.6 Å². The number of ether oxygens (including phenoxy) is 2. The summed E-state index contributed by atoms with van der Waals surface area (Å²) in [5.74, 6) is -0.920. The highest BCUT2D eigenvalue weighted by Gasteiger charge is 2.34. The van der Waals surface area contributed by atoms with Gasteiger partial charge in [-0.05, 0) is 56.2 Å². The molecule has 0 amide bonds. The van der Waals surface area contributed by atoms with Gasteiger partial charge in [-0.3, -0.25) is 9.11 Å². The maximum Gasteiger partial charge on any atom is 0.338 e. The van der Waals surface area contributed by atoms with Crippen molar-refractivity contribution in [2.24, 2.45) is 0 Å². The van der Waals surface area contributed by atoms with Gasteiger partial charge in [-0.25, -0.2) is 9.59 Å². The van der Waals surface area contributed by atoms with Crippen LogP contribution in [0.5, 0.6) is 0 Å². The number of rotatable bonds is 6. The van der Waals surface area contributed by atoms with Gasteiger partial charge in [-0.2, -0.15) is 9.03 Å². The molecule has 1 heterocycles. The number of hydrogen-bond acceptors (Lipinski definition) is 9. The quantitative estimate of drug-likeness (QED) is 0.476. The number of β-amino-alcohol motifs (C(OH)–C–C–N with tert-alkyl or cyclic N) is 1. The molecule has 1 unspecified atom stereocenters. The van der Waals surface area contributed by atoms with E-state index in [0.717, 1.165) is 11.1 Å². The molecule has 9 nitrogen and oxygen atoms in total. The summed E-state index contributed by atoms with van der Waals surface area (Å²) in [6.07, 6.45) is -1.01. The lowest BCUT2D eigenvalue weighted by Gasteiger charge is -2.35. The normalized spacial score (nSPS) is 19.4. The molecule has 0 aliphatic carbocycles. The van der Waals surface area contributed by atoms with E-state index < -0.39 is 34.7 Å². The Morgan fingerprint density at radius 1 is 1.00 bits per heavy atom. The highest BCUT2D eigenvalue weighted by Crippen LogP contribution is 2.44. The number of benzene rings is 2. The zero-order valence-corrected chi connectivity index (χ0v) is 19.0. The molecule has 1 fully saturated rings. The monoisotopic (exact) mass is 464 g/mol. The second-order valence-electron chi connectivity index (χ2n) is 8.45. The van der Waals surface area contributed by atoms with Gasteiger partial charge in [-0.15, -0.1) is 0 Å². The van der Waals surface area contributed by atoms with E-state index in [2.05, 4.69) is 4.72 Å². The van der Waals surface area contributed by atoms with Crippen molar-refractivity contribution in [1.29, 1.82) is 0 Å². The SMILES string of the molecule is CC(C)(C)OC(=O)c1ccc(COC(=O)c2ccc(CN3CC(O)NS3(O)O)cc2)cc1. The van der Waals surface area contributed by atoms with Gasteiger partial charge in [0.05, 0.1) is 17.7 Å². The molecule has 2 aromatic carbocycles. The number of carbonyl (C=O) groups is 2. The van der Waals surface area contributed by atoms with E-state index in [0.29, 0.717) is 11.1 Å². The fourth-order valence-electron chi connectivity index (χ4n) is 3.00. The Morgan fingerprint density at radius 2 is 1.53 bits per heavy atom. The zero-order chi connectivity index (χ0) is 23.5. The average molecular weight is 465 g/mol. The molecular weight excluding hydrogens is 436 g/mol. The number of aliphatic hydroxyl groups excluding tert-OH is 1. The Bertz CT molecular complexity index is 956. The number of carbonyl (C=O) groups excluding carboxylic acids is 2. The van der Waals surface area contributed by atoms with Crippen LogP contribution in [-0.2, 0) is 22.6 Å². The Kier molecular flexibility index (Phi) is 7.23. The summed E-state index contributed by atoms with van der Waals surface area (Å²) in [4.78, 5) is 24.4. The van der Waals surface area contributed by atoms with Crippen molar-refractivity contribution in [1.82, 2.24) is 9.03 Å². The summed E-state index contributed by atoms with van der Waals surface area (Å²) >= 11 is 0. The molecule has 0 bridgehead atoms. The van der Waals surface area contributed by atoms with Gasteiger partial charge >= 0.3 is 11.9 Å². The van der Waals surface area contributed by atoms with Crippen molar-refractivity contribution >= 4 is 22.9 Å². The fraction of sp³-hybridized carbons (Fsp3) is 0.364. The molecule has 1 saturated heterocycles. The van der Waals surface area contributed by atoms with Crippen LogP contribution in [0, 0.1) is 0 Å². The van der Waals surface area contributed by atoms with Gasteiger partial charge in [0.25, 0.3) is 0 Å². The van der Waals surface area contributed by atoms with Gasteiger partial charge in [-0.1, -0.05) is 35.2 Å². The largest absolute Gasteiger partial charge is 0.457 e. The number of hydrogen-bond donors (Lipinski definition) is 4. The summed E-state index contributed by atoms with van der Waals surface area (Å²) in [6, 6.07) is 13.2. The van der Waals surface area contributed by atoms with Crippen LogP contribution in [0.1, 0.15) is 52.6 Å². The van der Waals surface area contributed by atoms with E-state index in [-0.39, 0.29) is 19.7 Å². The second kappa shape index (κ2) is 9.57. The van der Waals surface area contributed by atoms with E-state index >= 15 is 0 Å². The fourth-order valence-corrected chi connectivity index (χ4v) is 4.27. The molecular formula is C22H28N2O7S. The second-order valence-corrected chi connectivity index (χ2v) is 10.2. The van der Waals surface area contributed by atoms with Crippen molar-refractivity contribution in [3.8, 4) is 0 Å². The molecule has 10 heteroatoms. The van der Waals surface area contributed by atoms with Crippen molar-refractivity contribution < 1.29 is 33.3 Å². The standard InChI is InChI=1S/C22H28N2O7S/c1-22(2,3)31-21(27)18-10-6-16(7-11-18)14-30-20(26)17-8-4-15(5-9-17)12-24-13-19(25)23-32(24,28)29/h4-11,19,23,25,28-29H,12-14H2,1-3H3. The molecule has 0 aromatic heterocycles. The molecule has 1 atom stereocenters. The highest BCUT2D eigenvalue weighted by molar-refractivity contribution is 8.20. The van der Waals surface area contributed by atoms with Crippen molar-refractivity contribution in [2.45, 2.75) is 45.8 Å². The maximum absolute atomic E-state index is 12.3. The molecule has 0 spiro atoms. The van der Waals surface area contributed by atoms with Crippen LogP contribution in [-0.4, -0.2) is 48.8 Å². The maximum atomic E-state index is 12.3. The van der Waals surface area contributed by atoms with E-state index in [1.165, 1.54) is 4.31 Å². The van der Waals surface area contributed by atoms with Crippen LogP contribution in [0.4, 0.5) is 0 Å². The molecule has 1 aliphatic rings. The Morgan fingerprint density at radius 3 is 2.03 bits per heavy atom. The molecule has 1 aliphatic heterocycles. The number of nitrogens with zero attached hydrogens (tertiary/aromatic N) is 1. The van der Waals surface area contributed by atoms with Crippen LogP contribution in [0.25, 0.3) is 0 Å². The minimum Gasteiger partial charge on any atom is -0.457 e. The predicted octanol–water partition coefficient (Wildman–Crippen LogP) is 3.30. The lowest BCUT2D eigenvalue weighted by molar-refractivity contribution is 0.00689. The summed E-state index contributed by atoms with van der Waals surface area (Å²) in [7, 11) is -3.21. The van der Waals surface area contributed by atoms with Gasteiger partial charge in [0, 0.05) is 6.54 Å². The summed E-state index contributed by atoms with van der Waals surface area (Å²) in [6.45, 7) is 5.73. The van der Waals surface area contributed by atoms with Crippen molar-refractivity contribution in [3.63, 3.8) is 0 Å². The third-order valence-electron chi connectivity index (χ3n) is 4.54. The third-order valence-corrected chi connectivity index (χ3v) is 6.12. The number of nitrogens with one attached hydrogen (secondary N) is 1. The average Bonchev–Trinajstić information content (AvgIpc) is 2.96. The van der Waals surface area contributed by atoms with Gasteiger partial charge in [0.15, 0.2) is 0 Å². The first-order valence-corrected chi connectivity index (χ1v) is 11.5. The first kappa shape index (κ1) is 24.2. The highest BCUT2D eigenvalue weighted by atomic mass is 32.3. The van der Waals surface area contributed by atoms with Crippen molar-refractivity contribution in [3.05, 3.63) is 70.8 Å². The van der Waals surface area contributed by atoms with E-state index in [4.69, 9.17) is 9.47 Å². The number of aliphatic hydroxyl groups is 1. The Hall–Kier alpha value is -2.47. The van der Waals surface area contributed by atoms with Crippen LogP contribution in [0.3, 0.4) is 0 Å². The van der Waals surface area contributed by atoms with E-state index in [1.54, 1.807) is 69.3 Å². The topological polar surface area (TPSA) is 129 Å². The van der Waals surface area contributed by atoms with Crippen LogP contribution in [0.2, 0.25) is 0 Å². The van der Waals surface area contributed by atoms with E-state index in [1.807, 2.05) is 0 Å². The van der Waals surface area contributed by atoms with Gasteiger partial charge in [0.1, 0.15) is 18.4 Å². The predicted molar refractivity (Wildman–Crippen MR) is 120 cm³/mol. The molecule has 32 heavy (non-hydrogen) atoms. The first-order chi connectivity index (χ1) is 14.9. The first-order valence-electron chi connectivity index (χ1n) is 10.00. The molecule has 2 aromatic rings. The van der Waals surface area contributed by atoms with Crippen LogP contribution < -0.4 is 4.72 Å². The van der Waals surface area contributed by atoms with Crippen molar-refractivity contribution in [2.75, 3.05) is 6.54 Å². The zero-order valence-electron chi connectivity index (χ0n) is 18.1. The molecule has 0 saturated carbocycles. The van der Waals surface area contributed by atoms with Crippen LogP contribution >= 0.6 is 11.0 Å². The molecule has 4 N–H and O–H groups in total. The lowest BCUT2D eigenvalue weighted by Crippen LogP contribution is -2.25. The number of esters is 2. The lowest BCUT2D eigenvalue weighted by atomic mass is 10.1. The molecule has 174 valence electrons. The summed E-state index contributed by atoms with van der Waals surface area (Å²) in [5, 5.41) is 9.53. The minimum absolute atomic E-state index is 0.0490. The van der Waals surface area contributed by atoms with Crippen LogP contribution in [0.15, 0.2) is 48.5 Å². The Balaban J connectivity index is 1.52. The third kappa shape index (κ3) is 6.52.